The molecule has 3 aromatic rings. The average molecular weight is 327 g/mol. The number of methoxy groups -OCH3 is 1. The molecule has 0 fully saturated rings. The van der Waals surface area contributed by atoms with Gasteiger partial charge >= 0.3 is 0 Å². The van der Waals surface area contributed by atoms with Crippen molar-refractivity contribution >= 4 is 5.91 Å². The lowest BCUT2D eigenvalue weighted by Gasteiger charge is -2.04. The highest BCUT2D eigenvalue weighted by Crippen LogP contribution is 2.17. The molecule has 0 aliphatic carbocycles. The molecular formula is C17H14FN3O3. The van der Waals surface area contributed by atoms with Crippen LogP contribution in [0.3, 0.4) is 0 Å². The third-order valence-corrected chi connectivity index (χ3v) is 3.30. The molecule has 0 spiro atoms. The SMILES string of the molecule is COc1cccc(C(=O)NCc2noc(-c3ccc(F)cc3)n2)c1. The van der Waals surface area contributed by atoms with Crippen LogP contribution in [0.1, 0.15) is 16.2 Å². The van der Waals surface area contributed by atoms with Crippen LogP contribution in [0.15, 0.2) is 53.1 Å². The zero-order valence-electron chi connectivity index (χ0n) is 12.8. The zero-order chi connectivity index (χ0) is 16.9. The van der Waals surface area contributed by atoms with Gasteiger partial charge in [0.2, 0.25) is 0 Å². The Bertz CT molecular complexity index is 846. The van der Waals surface area contributed by atoms with Crippen LogP contribution in [0, 0.1) is 5.82 Å². The Balaban J connectivity index is 1.64. The van der Waals surface area contributed by atoms with Crippen LogP contribution in [0.25, 0.3) is 11.5 Å². The van der Waals surface area contributed by atoms with Gasteiger partial charge in [-0.05, 0) is 42.5 Å². The Morgan fingerprint density at radius 3 is 2.79 bits per heavy atom. The van der Waals surface area contributed by atoms with Crippen molar-refractivity contribution in [3.8, 4) is 17.2 Å². The van der Waals surface area contributed by atoms with Crippen molar-refractivity contribution < 1.29 is 18.4 Å². The first-order chi connectivity index (χ1) is 11.7. The summed E-state index contributed by atoms with van der Waals surface area (Å²) in [4.78, 5) is 16.3. The highest BCUT2D eigenvalue weighted by Gasteiger charge is 2.11. The molecule has 1 amide bonds. The lowest BCUT2D eigenvalue weighted by Crippen LogP contribution is -2.23. The van der Waals surface area contributed by atoms with E-state index in [1.165, 1.54) is 19.2 Å². The van der Waals surface area contributed by atoms with Crippen LogP contribution < -0.4 is 10.1 Å². The predicted octanol–water partition coefficient (Wildman–Crippen LogP) is 2.81. The lowest BCUT2D eigenvalue weighted by atomic mass is 10.2. The minimum atomic E-state index is -0.343. The van der Waals surface area contributed by atoms with Crippen LogP contribution >= 0.6 is 0 Å². The summed E-state index contributed by atoms with van der Waals surface area (Å²) in [7, 11) is 1.54. The van der Waals surface area contributed by atoms with E-state index < -0.39 is 0 Å². The molecule has 2 aromatic carbocycles. The van der Waals surface area contributed by atoms with E-state index in [1.807, 2.05) is 0 Å². The van der Waals surface area contributed by atoms with Crippen molar-refractivity contribution in [1.82, 2.24) is 15.5 Å². The maximum absolute atomic E-state index is 12.9. The molecule has 0 unspecified atom stereocenters. The Kier molecular flexibility index (Phi) is 4.51. The summed E-state index contributed by atoms with van der Waals surface area (Å²) >= 11 is 0. The number of nitrogens with one attached hydrogen (secondary N) is 1. The highest BCUT2D eigenvalue weighted by atomic mass is 19.1. The summed E-state index contributed by atoms with van der Waals surface area (Å²) in [6, 6.07) is 12.5. The van der Waals surface area contributed by atoms with E-state index in [4.69, 9.17) is 9.26 Å². The molecule has 122 valence electrons. The minimum Gasteiger partial charge on any atom is -0.497 e. The fourth-order valence-corrected chi connectivity index (χ4v) is 2.06. The molecule has 24 heavy (non-hydrogen) atoms. The smallest absolute Gasteiger partial charge is 0.257 e. The van der Waals surface area contributed by atoms with Gasteiger partial charge in [-0.3, -0.25) is 4.79 Å². The lowest BCUT2D eigenvalue weighted by molar-refractivity contribution is 0.0949. The van der Waals surface area contributed by atoms with E-state index in [0.717, 1.165) is 0 Å². The zero-order valence-corrected chi connectivity index (χ0v) is 12.8. The third-order valence-electron chi connectivity index (χ3n) is 3.30. The monoisotopic (exact) mass is 327 g/mol. The highest BCUT2D eigenvalue weighted by molar-refractivity contribution is 5.94. The Labute approximate surface area is 137 Å². The minimum absolute atomic E-state index is 0.112. The van der Waals surface area contributed by atoms with Crippen molar-refractivity contribution in [2.75, 3.05) is 7.11 Å². The molecule has 0 saturated heterocycles. The summed E-state index contributed by atoms with van der Waals surface area (Å²) in [5.74, 6) is 0.568. The van der Waals surface area contributed by atoms with E-state index in [1.54, 1.807) is 36.4 Å². The van der Waals surface area contributed by atoms with Gasteiger partial charge in [0.1, 0.15) is 11.6 Å². The first kappa shape index (κ1) is 15.7. The number of ether oxygens (including phenoxy) is 1. The summed E-state index contributed by atoms with van der Waals surface area (Å²) < 4.78 is 23.1. The second-order valence-corrected chi connectivity index (χ2v) is 4.94. The third kappa shape index (κ3) is 3.57. The molecule has 0 aliphatic rings. The number of nitrogens with zero attached hydrogens (tertiary/aromatic N) is 2. The second-order valence-electron chi connectivity index (χ2n) is 4.94. The van der Waals surface area contributed by atoms with Gasteiger partial charge in [-0.1, -0.05) is 11.2 Å². The number of carbonyl (C=O) groups is 1. The maximum Gasteiger partial charge on any atom is 0.257 e. The number of hydrogen-bond acceptors (Lipinski definition) is 5. The van der Waals surface area contributed by atoms with Crippen LogP contribution in [0.2, 0.25) is 0 Å². The van der Waals surface area contributed by atoms with E-state index in [9.17, 15) is 9.18 Å². The summed E-state index contributed by atoms with van der Waals surface area (Å²) in [5, 5.41) is 6.50. The van der Waals surface area contributed by atoms with Crippen molar-refractivity contribution in [1.29, 1.82) is 0 Å². The van der Waals surface area contributed by atoms with Gasteiger partial charge in [-0.15, -0.1) is 0 Å². The van der Waals surface area contributed by atoms with Gasteiger partial charge in [0, 0.05) is 11.1 Å². The van der Waals surface area contributed by atoms with E-state index in [0.29, 0.717) is 22.7 Å². The van der Waals surface area contributed by atoms with Crippen LogP contribution in [0.5, 0.6) is 5.75 Å². The van der Waals surface area contributed by atoms with Gasteiger partial charge in [0.05, 0.1) is 13.7 Å². The quantitative estimate of drug-likeness (QED) is 0.780. The molecule has 0 saturated carbocycles. The number of hydrogen-bond donors (Lipinski definition) is 1. The number of rotatable bonds is 5. The second kappa shape index (κ2) is 6.91. The van der Waals surface area contributed by atoms with Crippen molar-refractivity contribution in [2.45, 2.75) is 6.54 Å². The molecule has 0 aliphatic heterocycles. The summed E-state index contributed by atoms with van der Waals surface area (Å²) in [6.45, 7) is 0.112. The van der Waals surface area contributed by atoms with Crippen molar-refractivity contribution in [2.24, 2.45) is 0 Å². The summed E-state index contributed by atoms with van der Waals surface area (Å²) in [6.07, 6.45) is 0. The maximum atomic E-state index is 12.9. The molecule has 1 N–H and O–H groups in total. The van der Waals surface area contributed by atoms with Gasteiger partial charge in [0.15, 0.2) is 5.82 Å². The molecule has 3 rings (SSSR count). The number of halogens is 1. The fourth-order valence-electron chi connectivity index (χ4n) is 2.06. The van der Waals surface area contributed by atoms with E-state index in [-0.39, 0.29) is 24.2 Å². The number of aromatic nitrogens is 2. The standard InChI is InChI=1S/C17H14FN3O3/c1-23-14-4-2-3-12(9-14)16(22)19-10-15-20-17(24-21-15)11-5-7-13(18)8-6-11/h2-9H,10H2,1H3,(H,19,22). The molecule has 0 bridgehead atoms. The van der Waals surface area contributed by atoms with Gasteiger partial charge in [-0.25, -0.2) is 4.39 Å². The first-order valence-corrected chi connectivity index (χ1v) is 7.16. The van der Waals surface area contributed by atoms with Crippen LogP contribution in [-0.2, 0) is 6.54 Å². The Morgan fingerprint density at radius 1 is 1.25 bits per heavy atom. The Morgan fingerprint density at radius 2 is 2.04 bits per heavy atom. The normalized spacial score (nSPS) is 10.4. The predicted molar refractivity (Wildman–Crippen MR) is 83.9 cm³/mol. The molecular weight excluding hydrogens is 313 g/mol. The van der Waals surface area contributed by atoms with Gasteiger partial charge in [0.25, 0.3) is 11.8 Å². The van der Waals surface area contributed by atoms with Crippen molar-refractivity contribution in [3.05, 3.63) is 65.7 Å². The largest absolute Gasteiger partial charge is 0.497 e. The fraction of sp³-hybridized carbons (Fsp3) is 0.118. The molecule has 6 nitrogen and oxygen atoms in total. The van der Waals surface area contributed by atoms with E-state index in [2.05, 4.69) is 15.5 Å². The topological polar surface area (TPSA) is 77.2 Å². The van der Waals surface area contributed by atoms with Crippen LogP contribution in [-0.4, -0.2) is 23.2 Å². The van der Waals surface area contributed by atoms with Crippen LogP contribution in [0.4, 0.5) is 4.39 Å². The Hall–Kier alpha value is -3.22. The molecule has 1 aromatic heterocycles. The van der Waals surface area contributed by atoms with Gasteiger partial charge < -0.3 is 14.6 Å². The van der Waals surface area contributed by atoms with Crippen molar-refractivity contribution in [3.63, 3.8) is 0 Å². The van der Waals surface area contributed by atoms with Gasteiger partial charge in [-0.2, -0.15) is 4.98 Å². The molecule has 0 radical (unpaired) electrons. The summed E-state index contributed by atoms with van der Waals surface area (Å²) in [5.41, 5.74) is 1.07. The molecule has 0 atom stereocenters. The van der Waals surface area contributed by atoms with E-state index >= 15 is 0 Å². The number of carbonyl (C=O) groups excluding carboxylic acids is 1. The number of amides is 1. The first-order valence-electron chi connectivity index (χ1n) is 7.16. The average Bonchev–Trinajstić information content (AvgIpc) is 3.09. The number of benzene rings is 2. The molecule has 1 heterocycles. The molecule has 7 heteroatoms.